The SMILES string of the molecule is CCCCCC/C=C/C[NH]. The van der Waals surface area contributed by atoms with Crippen LogP contribution in [0.3, 0.4) is 0 Å². The van der Waals surface area contributed by atoms with E-state index in [0.29, 0.717) is 6.54 Å². The summed E-state index contributed by atoms with van der Waals surface area (Å²) in [6, 6.07) is 0. The monoisotopic (exact) mass is 140 g/mol. The zero-order valence-corrected chi connectivity index (χ0v) is 6.90. The predicted octanol–water partition coefficient (Wildman–Crippen LogP) is 2.80. The molecule has 0 aliphatic rings. The topological polar surface area (TPSA) is 23.8 Å². The summed E-state index contributed by atoms with van der Waals surface area (Å²) in [7, 11) is 0. The van der Waals surface area contributed by atoms with E-state index >= 15 is 0 Å². The Morgan fingerprint density at radius 2 is 1.90 bits per heavy atom. The molecule has 0 saturated carbocycles. The Kier molecular flexibility index (Phi) is 8.44. The fourth-order valence-corrected chi connectivity index (χ4v) is 0.890. The highest BCUT2D eigenvalue weighted by Gasteiger charge is 1.82. The second-order valence-corrected chi connectivity index (χ2v) is 2.52. The van der Waals surface area contributed by atoms with Crippen molar-refractivity contribution in [2.45, 2.75) is 39.0 Å². The number of nitrogens with one attached hydrogen (secondary N) is 1. The molecule has 59 valence electrons. The van der Waals surface area contributed by atoms with Gasteiger partial charge in [-0.15, -0.1) is 0 Å². The van der Waals surface area contributed by atoms with Gasteiger partial charge in [-0.3, -0.25) is 5.73 Å². The summed E-state index contributed by atoms with van der Waals surface area (Å²) in [6.07, 6.45) is 10.5. The van der Waals surface area contributed by atoms with E-state index in [9.17, 15) is 0 Å². The van der Waals surface area contributed by atoms with Gasteiger partial charge in [-0.25, -0.2) is 0 Å². The van der Waals surface area contributed by atoms with Crippen molar-refractivity contribution >= 4 is 0 Å². The highest BCUT2D eigenvalue weighted by molar-refractivity contribution is 4.81. The number of hydrogen-bond acceptors (Lipinski definition) is 0. The Morgan fingerprint density at radius 3 is 2.50 bits per heavy atom. The van der Waals surface area contributed by atoms with Gasteiger partial charge < -0.3 is 0 Å². The molecule has 0 aromatic rings. The minimum absolute atomic E-state index is 0.438. The largest absolute Gasteiger partial charge is 0.254 e. The first kappa shape index (κ1) is 9.70. The zero-order valence-electron chi connectivity index (χ0n) is 6.90. The molecule has 1 heteroatoms. The lowest BCUT2D eigenvalue weighted by atomic mass is 10.1. The van der Waals surface area contributed by atoms with Gasteiger partial charge in [-0.2, -0.15) is 0 Å². The Bertz CT molecular complexity index is 76.8. The Hall–Kier alpha value is -0.300. The van der Waals surface area contributed by atoms with E-state index in [-0.39, 0.29) is 0 Å². The molecule has 0 spiro atoms. The van der Waals surface area contributed by atoms with Crippen molar-refractivity contribution in [2.75, 3.05) is 6.54 Å². The molecule has 1 radical (unpaired) electrons. The third kappa shape index (κ3) is 7.70. The number of hydrogen-bond donors (Lipinski definition) is 0. The van der Waals surface area contributed by atoms with Gasteiger partial charge in [0.25, 0.3) is 0 Å². The van der Waals surface area contributed by atoms with Crippen LogP contribution in [0.5, 0.6) is 0 Å². The molecular formula is C9H18N. The van der Waals surface area contributed by atoms with Crippen LogP contribution in [0, 0.1) is 0 Å². The van der Waals surface area contributed by atoms with Crippen LogP contribution in [-0.4, -0.2) is 6.54 Å². The van der Waals surface area contributed by atoms with E-state index in [1.807, 2.05) is 6.08 Å². The van der Waals surface area contributed by atoms with Gasteiger partial charge in [-0.1, -0.05) is 38.3 Å². The van der Waals surface area contributed by atoms with Crippen molar-refractivity contribution in [3.05, 3.63) is 12.2 Å². The molecule has 0 aromatic carbocycles. The minimum Gasteiger partial charge on any atom is -0.254 e. The number of unbranched alkanes of at least 4 members (excludes halogenated alkanes) is 4. The molecule has 0 heterocycles. The standard InChI is InChI=1S/C9H18N/c1-2-3-4-5-6-7-8-9-10/h7-8,10H,2-6,9H2,1H3/b8-7+. The third-order valence-corrected chi connectivity index (χ3v) is 1.51. The average molecular weight is 140 g/mol. The number of allylic oxidation sites excluding steroid dienone is 1. The van der Waals surface area contributed by atoms with Crippen LogP contribution in [0.1, 0.15) is 39.0 Å². The smallest absolute Gasteiger partial charge is 0.0281 e. The van der Waals surface area contributed by atoms with E-state index in [4.69, 9.17) is 5.73 Å². The lowest BCUT2D eigenvalue weighted by Gasteiger charge is -1.92. The van der Waals surface area contributed by atoms with Crippen LogP contribution in [0.4, 0.5) is 0 Å². The lowest BCUT2D eigenvalue weighted by molar-refractivity contribution is 0.674. The summed E-state index contributed by atoms with van der Waals surface area (Å²) in [6.45, 7) is 2.66. The van der Waals surface area contributed by atoms with Gasteiger partial charge in [0.05, 0.1) is 0 Å². The van der Waals surface area contributed by atoms with E-state index in [2.05, 4.69) is 13.0 Å². The zero-order chi connectivity index (χ0) is 7.66. The van der Waals surface area contributed by atoms with Crippen LogP contribution in [0.2, 0.25) is 0 Å². The van der Waals surface area contributed by atoms with Crippen molar-refractivity contribution in [3.8, 4) is 0 Å². The van der Waals surface area contributed by atoms with E-state index < -0.39 is 0 Å². The first-order valence-corrected chi connectivity index (χ1v) is 4.21. The molecule has 0 bridgehead atoms. The summed E-state index contributed by atoms with van der Waals surface area (Å²) < 4.78 is 0. The van der Waals surface area contributed by atoms with Gasteiger partial charge in [0, 0.05) is 6.54 Å². The van der Waals surface area contributed by atoms with E-state index in [1.54, 1.807) is 0 Å². The first-order valence-electron chi connectivity index (χ1n) is 4.21. The van der Waals surface area contributed by atoms with Crippen molar-refractivity contribution in [1.29, 1.82) is 0 Å². The summed E-state index contributed by atoms with van der Waals surface area (Å²) in [5.74, 6) is 0. The maximum atomic E-state index is 6.83. The summed E-state index contributed by atoms with van der Waals surface area (Å²) in [4.78, 5) is 0. The van der Waals surface area contributed by atoms with Crippen LogP contribution < -0.4 is 5.73 Å². The van der Waals surface area contributed by atoms with Crippen molar-refractivity contribution in [3.63, 3.8) is 0 Å². The second-order valence-electron chi connectivity index (χ2n) is 2.52. The Labute approximate surface area is 64.3 Å². The quantitative estimate of drug-likeness (QED) is 0.400. The Balaban J connectivity index is 2.83. The van der Waals surface area contributed by atoms with Crippen LogP contribution in [-0.2, 0) is 0 Å². The fourth-order valence-electron chi connectivity index (χ4n) is 0.890. The van der Waals surface area contributed by atoms with Crippen molar-refractivity contribution < 1.29 is 0 Å². The number of rotatable bonds is 6. The summed E-state index contributed by atoms with van der Waals surface area (Å²) >= 11 is 0. The van der Waals surface area contributed by atoms with E-state index in [0.717, 1.165) is 0 Å². The van der Waals surface area contributed by atoms with Gasteiger partial charge in [0.15, 0.2) is 0 Å². The normalized spacial score (nSPS) is 11.0. The van der Waals surface area contributed by atoms with Crippen LogP contribution in [0.25, 0.3) is 0 Å². The summed E-state index contributed by atoms with van der Waals surface area (Å²) in [5.41, 5.74) is 6.83. The molecule has 1 nitrogen and oxygen atoms in total. The highest BCUT2D eigenvalue weighted by Crippen LogP contribution is 2.02. The molecule has 0 amide bonds. The molecular weight excluding hydrogens is 122 g/mol. The average Bonchev–Trinajstić information content (AvgIpc) is 1.97. The molecule has 0 aliphatic heterocycles. The van der Waals surface area contributed by atoms with Crippen LogP contribution >= 0.6 is 0 Å². The van der Waals surface area contributed by atoms with E-state index in [1.165, 1.54) is 32.1 Å². The second kappa shape index (κ2) is 8.70. The molecule has 0 rings (SSSR count). The maximum Gasteiger partial charge on any atom is 0.0281 e. The molecule has 0 aliphatic carbocycles. The van der Waals surface area contributed by atoms with Gasteiger partial charge in [-0.05, 0) is 12.8 Å². The highest BCUT2D eigenvalue weighted by atomic mass is 14.5. The molecule has 10 heavy (non-hydrogen) atoms. The molecule has 0 fully saturated rings. The van der Waals surface area contributed by atoms with Gasteiger partial charge >= 0.3 is 0 Å². The third-order valence-electron chi connectivity index (χ3n) is 1.51. The van der Waals surface area contributed by atoms with Gasteiger partial charge in [0.1, 0.15) is 0 Å². The lowest BCUT2D eigenvalue weighted by Crippen LogP contribution is -1.76. The summed E-state index contributed by atoms with van der Waals surface area (Å²) in [5, 5.41) is 0. The van der Waals surface area contributed by atoms with Crippen molar-refractivity contribution in [1.82, 2.24) is 5.73 Å². The van der Waals surface area contributed by atoms with Gasteiger partial charge in [0.2, 0.25) is 0 Å². The Morgan fingerprint density at radius 1 is 1.10 bits per heavy atom. The molecule has 0 saturated heterocycles. The fraction of sp³-hybridized carbons (Fsp3) is 0.778. The van der Waals surface area contributed by atoms with Crippen molar-refractivity contribution in [2.24, 2.45) is 0 Å². The molecule has 0 unspecified atom stereocenters. The molecule has 0 atom stereocenters. The predicted molar refractivity (Wildman–Crippen MR) is 45.9 cm³/mol. The first-order chi connectivity index (χ1) is 4.91. The molecule has 1 N–H and O–H groups in total. The molecule has 0 aromatic heterocycles. The van der Waals surface area contributed by atoms with Crippen LogP contribution in [0.15, 0.2) is 12.2 Å². The minimum atomic E-state index is 0.438. The maximum absolute atomic E-state index is 6.83.